The fourth-order valence-electron chi connectivity index (χ4n) is 3.64. The lowest BCUT2D eigenvalue weighted by Gasteiger charge is -2.30. The molecular formula is C26H36BrN3O5S. The molecule has 0 heterocycles. The molecule has 2 aromatic rings. The highest BCUT2D eigenvalue weighted by molar-refractivity contribution is 9.10. The van der Waals surface area contributed by atoms with Crippen LogP contribution in [-0.2, 0) is 26.2 Å². The summed E-state index contributed by atoms with van der Waals surface area (Å²) in [7, 11) is -2.13. The molecule has 10 heteroatoms. The predicted molar refractivity (Wildman–Crippen MR) is 146 cm³/mol. The Morgan fingerprint density at radius 1 is 1.06 bits per heavy atom. The van der Waals surface area contributed by atoms with Gasteiger partial charge in [-0.1, -0.05) is 54.0 Å². The first-order valence-electron chi connectivity index (χ1n) is 11.9. The molecule has 36 heavy (non-hydrogen) atoms. The van der Waals surface area contributed by atoms with Crippen molar-refractivity contribution in [3.05, 3.63) is 58.6 Å². The van der Waals surface area contributed by atoms with Crippen molar-refractivity contribution in [1.82, 2.24) is 10.2 Å². The molecule has 2 amide bonds. The van der Waals surface area contributed by atoms with E-state index in [0.29, 0.717) is 18.0 Å². The van der Waals surface area contributed by atoms with Gasteiger partial charge in [-0.3, -0.25) is 13.9 Å². The van der Waals surface area contributed by atoms with Crippen LogP contribution in [0.25, 0.3) is 0 Å². The fourth-order valence-corrected chi connectivity index (χ4v) is 4.87. The topological polar surface area (TPSA) is 96.0 Å². The van der Waals surface area contributed by atoms with E-state index in [2.05, 4.69) is 21.2 Å². The first-order chi connectivity index (χ1) is 16.9. The van der Waals surface area contributed by atoms with Gasteiger partial charge < -0.3 is 15.0 Å². The molecule has 0 saturated carbocycles. The zero-order valence-corrected chi connectivity index (χ0v) is 23.9. The number of nitrogens with one attached hydrogen (secondary N) is 1. The normalized spacial score (nSPS) is 12.2. The first kappa shape index (κ1) is 29.6. The Balaban J connectivity index is 2.18. The number of rotatable bonds is 13. The van der Waals surface area contributed by atoms with Crippen LogP contribution >= 0.6 is 15.9 Å². The smallest absolute Gasteiger partial charge is 0.242 e. The van der Waals surface area contributed by atoms with Crippen molar-refractivity contribution in [3.8, 4) is 5.75 Å². The Morgan fingerprint density at radius 3 is 2.28 bits per heavy atom. The average Bonchev–Trinajstić information content (AvgIpc) is 2.83. The molecule has 2 rings (SSSR count). The zero-order valence-electron chi connectivity index (χ0n) is 21.5. The molecule has 2 aromatic carbocycles. The predicted octanol–water partition coefficient (Wildman–Crippen LogP) is 4.19. The lowest BCUT2D eigenvalue weighted by atomic mass is 10.1. The van der Waals surface area contributed by atoms with Crippen molar-refractivity contribution in [2.45, 2.75) is 46.2 Å². The van der Waals surface area contributed by atoms with E-state index in [0.717, 1.165) is 16.3 Å². The lowest BCUT2D eigenvalue weighted by molar-refractivity contribution is -0.140. The molecule has 0 radical (unpaired) electrons. The van der Waals surface area contributed by atoms with Gasteiger partial charge in [-0.2, -0.15) is 0 Å². The second-order valence-electron chi connectivity index (χ2n) is 9.07. The van der Waals surface area contributed by atoms with E-state index >= 15 is 0 Å². The molecule has 8 nitrogen and oxygen atoms in total. The van der Waals surface area contributed by atoms with Crippen LogP contribution in [0.3, 0.4) is 0 Å². The van der Waals surface area contributed by atoms with Crippen molar-refractivity contribution in [1.29, 1.82) is 0 Å². The minimum absolute atomic E-state index is 0.0828. The number of nitrogens with zero attached hydrogens (tertiary/aromatic N) is 2. The molecule has 0 bridgehead atoms. The van der Waals surface area contributed by atoms with Gasteiger partial charge in [-0.25, -0.2) is 8.42 Å². The number of carbonyl (C=O) groups is 2. The molecule has 1 atom stereocenters. The number of methoxy groups -OCH3 is 1. The number of benzene rings is 2. The van der Waals surface area contributed by atoms with E-state index < -0.39 is 16.1 Å². The van der Waals surface area contributed by atoms with Gasteiger partial charge in [0.1, 0.15) is 11.8 Å². The molecule has 0 aliphatic heterocycles. The number of anilines is 1. The van der Waals surface area contributed by atoms with Crippen LogP contribution in [-0.4, -0.2) is 57.6 Å². The Bertz CT molecular complexity index is 1120. The molecule has 1 unspecified atom stereocenters. The van der Waals surface area contributed by atoms with Crippen LogP contribution in [0.1, 0.15) is 39.2 Å². The van der Waals surface area contributed by atoms with Gasteiger partial charge >= 0.3 is 0 Å². The molecule has 198 valence electrons. The largest absolute Gasteiger partial charge is 0.495 e. The van der Waals surface area contributed by atoms with Gasteiger partial charge in [-0.15, -0.1) is 0 Å². The highest BCUT2D eigenvalue weighted by Crippen LogP contribution is 2.29. The molecule has 0 aliphatic carbocycles. The molecule has 0 spiro atoms. The standard InChI is InChI=1S/C26H36BrN3O5S/c1-19(2)17-28-26(32)20(3)29(18-21-12-14-22(27)15-13-21)25(31)11-8-16-30(36(5,33)34)23-9-6-7-10-24(23)35-4/h6-7,9-10,12-15,19-20H,8,11,16-18H2,1-5H3,(H,28,32). The van der Waals surface area contributed by atoms with E-state index in [1.807, 2.05) is 38.1 Å². The number of amides is 2. The molecule has 0 aliphatic rings. The quantitative estimate of drug-likeness (QED) is 0.382. The second kappa shape index (κ2) is 13.6. The summed E-state index contributed by atoms with van der Waals surface area (Å²) in [4.78, 5) is 27.7. The van der Waals surface area contributed by atoms with Gasteiger partial charge in [0.05, 0.1) is 19.1 Å². The summed E-state index contributed by atoms with van der Waals surface area (Å²) in [5.74, 6) is 0.273. The number of sulfonamides is 1. The summed E-state index contributed by atoms with van der Waals surface area (Å²) in [5.41, 5.74) is 1.31. The minimum Gasteiger partial charge on any atom is -0.495 e. The number of carbonyl (C=O) groups excluding carboxylic acids is 2. The van der Waals surface area contributed by atoms with Gasteiger partial charge in [0, 0.05) is 30.5 Å². The molecule has 0 aromatic heterocycles. The SMILES string of the molecule is COc1ccccc1N(CCCC(=O)N(Cc1ccc(Br)cc1)C(C)C(=O)NCC(C)C)S(C)(=O)=O. The van der Waals surface area contributed by atoms with E-state index in [1.54, 1.807) is 36.1 Å². The van der Waals surface area contributed by atoms with Gasteiger partial charge in [0.2, 0.25) is 21.8 Å². The first-order valence-corrected chi connectivity index (χ1v) is 14.5. The number of halogens is 1. The summed E-state index contributed by atoms with van der Waals surface area (Å²) < 4.78 is 32.5. The van der Waals surface area contributed by atoms with Crippen molar-refractivity contribution >= 4 is 43.5 Å². The summed E-state index contributed by atoms with van der Waals surface area (Å²) in [5, 5.41) is 2.90. The number of para-hydroxylation sites is 2. The molecule has 1 N–H and O–H groups in total. The van der Waals surface area contributed by atoms with E-state index in [1.165, 1.54) is 11.4 Å². The summed E-state index contributed by atoms with van der Waals surface area (Å²) in [6, 6.07) is 13.7. The lowest BCUT2D eigenvalue weighted by Crippen LogP contribution is -2.48. The number of hydrogen-bond acceptors (Lipinski definition) is 5. The third-order valence-corrected chi connectivity index (χ3v) is 7.33. The van der Waals surface area contributed by atoms with Crippen molar-refractivity contribution in [2.75, 3.05) is 30.8 Å². The van der Waals surface area contributed by atoms with Crippen molar-refractivity contribution in [3.63, 3.8) is 0 Å². The van der Waals surface area contributed by atoms with Crippen LogP contribution < -0.4 is 14.4 Å². The third-order valence-electron chi connectivity index (χ3n) is 5.62. The maximum absolute atomic E-state index is 13.3. The van der Waals surface area contributed by atoms with Crippen LogP contribution in [0.2, 0.25) is 0 Å². The Hall–Kier alpha value is -2.59. The molecular weight excluding hydrogens is 546 g/mol. The van der Waals surface area contributed by atoms with Gasteiger partial charge in [0.15, 0.2) is 0 Å². The number of ether oxygens (including phenoxy) is 1. The zero-order chi connectivity index (χ0) is 26.9. The van der Waals surface area contributed by atoms with E-state index in [-0.39, 0.29) is 43.7 Å². The third kappa shape index (κ3) is 8.81. The molecule has 0 fully saturated rings. The van der Waals surface area contributed by atoms with Crippen LogP contribution in [0, 0.1) is 5.92 Å². The number of hydrogen-bond donors (Lipinski definition) is 1. The van der Waals surface area contributed by atoms with Crippen LogP contribution in [0.4, 0.5) is 5.69 Å². The van der Waals surface area contributed by atoms with Crippen LogP contribution in [0.15, 0.2) is 53.0 Å². The Morgan fingerprint density at radius 2 is 1.69 bits per heavy atom. The highest BCUT2D eigenvalue weighted by Gasteiger charge is 2.27. The minimum atomic E-state index is -3.61. The van der Waals surface area contributed by atoms with Crippen molar-refractivity contribution in [2.24, 2.45) is 5.92 Å². The second-order valence-corrected chi connectivity index (χ2v) is 11.9. The van der Waals surface area contributed by atoms with Gasteiger partial charge in [-0.05, 0) is 49.1 Å². The van der Waals surface area contributed by atoms with E-state index in [9.17, 15) is 18.0 Å². The van der Waals surface area contributed by atoms with Crippen molar-refractivity contribution < 1.29 is 22.7 Å². The maximum Gasteiger partial charge on any atom is 0.242 e. The van der Waals surface area contributed by atoms with Gasteiger partial charge in [0.25, 0.3) is 0 Å². The maximum atomic E-state index is 13.3. The fraction of sp³-hybridized carbons (Fsp3) is 0.462. The molecule has 0 saturated heterocycles. The summed E-state index contributed by atoms with van der Waals surface area (Å²) >= 11 is 3.41. The Kier molecular flexibility index (Phi) is 11.2. The highest BCUT2D eigenvalue weighted by atomic mass is 79.9. The average molecular weight is 583 g/mol. The van der Waals surface area contributed by atoms with Crippen LogP contribution in [0.5, 0.6) is 5.75 Å². The monoisotopic (exact) mass is 581 g/mol. The summed E-state index contributed by atoms with van der Waals surface area (Å²) in [6.45, 7) is 6.61. The Labute approximate surface area is 223 Å². The van der Waals surface area contributed by atoms with E-state index in [4.69, 9.17) is 4.74 Å². The summed E-state index contributed by atoms with van der Waals surface area (Å²) in [6.07, 6.45) is 1.49.